The highest BCUT2D eigenvalue weighted by molar-refractivity contribution is 5.80. The Morgan fingerprint density at radius 2 is 1.96 bits per heavy atom. The lowest BCUT2D eigenvalue weighted by molar-refractivity contribution is -0.133. The highest BCUT2D eigenvalue weighted by atomic mass is 16.5. The predicted molar refractivity (Wildman–Crippen MR) is 104 cm³/mol. The third-order valence-corrected chi connectivity index (χ3v) is 5.01. The molecule has 0 aromatic heterocycles. The molecule has 1 heterocycles. The van der Waals surface area contributed by atoms with Crippen LogP contribution in [0, 0.1) is 0 Å². The minimum Gasteiger partial charge on any atom is -0.497 e. The molecule has 0 radical (unpaired) electrons. The summed E-state index contributed by atoms with van der Waals surface area (Å²) >= 11 is 0. The Hall–Kier alpha value is -2.82. The molecule has 1 N–H and O–H groups in total. The third-order valence-electron chi connectivity index (χ3n) is 5.01. The number of ether oxygens (including phenoxy) is 1. The SMILES string of the molecule is COc1cccc(C2CCCN2C(=O)CC(NC(C)=O)c2ccccc2)c1. The maximum atomic E-state index is 13.1. The second-order valence-electron chi connectivity index (χ2n) is 6.89. The van der Waals surface area contributed by atoms with Gasteiger partial charge < -0.3 is 15.0 Å². The van der Waals surface area contributed by atoms with Gasteiger partial charge in [-0.2, -0.15) is 0 Å². The number of benzene rings is 2. The first-order valence-corrected chi connectivity index (χ1v) is 9.34. The lowest BCUT2D eigenvalue weighted by atomic mass is 10.0. The van der Waals surface area contributed by atoms with Crippen molar-refractivity contribution in [3.05, 3.63) is 65.7 Å². The molecule has 1 aliphatic heterocycles. The van der Waals surface area contributed by atoms with Gasteiger partial charge in [-0.3, -0.25) is 9.59 Å². The molecule has 0 spiro atoms. The molecule has 0 aliphatic carbocycles. The number of hydrogen-bond donors (Lipinski definition) is 1. The molecule has 5 heteroatoms. The summed E-state index contributed by atoms with van der Waals surface area (Å²) in [5, 5.41) is 2.92. The second-order valence-corrected chi connectivity index (χ2v) is 6.89. The van der Waals surface area contributed by atoms with Gasteiger partial charge in [0.15, 0.2) is 0 Å². The van der Waals surface area contributed by atoms with Crippen LogP contribution in [0.4, 0.5) is 0 Å². The van der Waals surface area contributed by atoms with E-state index in [0.717, 1.165) is 36.3 Å². The standard InChI is InChI=1S/C22H26N2O3/c1-16(25)23-20(17-8-4-3-5-9-17)15-22(26)24-13-7-12-21(24)18-10-6-11-19(14-18)27-2/h3-6,8-11,14,20-21H,7,12-13,15H2,1-2H3,(H,23,25). The van der Waals surface area contributed by atoms with Crippen LogP contribution in [0.1, 0.15) is 49.4 Å². The summed E-state index contributed by atoms with van der Waals surface area (Å²) in [5.74, 6) is 0.720. The predicted octanol–water partition coefficient (Wildman–Crippen LogP) is 3.63. The van der Waals surface area contributed by atoms with Gasteiger partial charge in [0.05, 0.1) is 25.6 Å². The van der Waals surface area contributed by atoms with Crippen molar-refractivity contribution >= 4 is 11.8 Å². The maximum Gasteiger partial charge on any atom is 0.225 e. The first-order valence-electron chi connectivity index (χ1n) is 9.34. The first kappa shape index (κ1) is 19.0. The van der Waals surface area contributed by atoms with E-state index in [4.69, 9.17) is 4.74 Å². The van der Waals surface area contributed by atoms with E-state index in [0.29, 0.717) is 0 Å². The van der Waals surface area contributed by atoms with Crippen LogP contribution in [0.5, 0.6) is 5.75 Å². The molecule has 2 aromatic rings. The summed E-state index contributed by atoms with van der Waals surface area (Å²) in [6.45, 7) is 2.22. The highest BCUT2D eigenvalue weighted by Gasteiger charge is 2.31. The summed E-state index contributed by atoms with van der Waals surface area (Å²) in [6, 6.07) is 17.3. The Balaban J connectivity index is 1.77. The van der Waals surface area contributed by atoms with Crippen LogP contribution < -0.4 is 10.1 Å². The van der Waals surface area contributed by atoms with Crippen molar-refractivity contribution in [2.24, 2.45) is 0 Å². The summed E-state index contributed by atoms with van der Waals surface area (Å²) in [5.41, 5.74) is 2.04. The average Bonchev–Trinajstić information content (AvgIpc) is 3.18. The Labute approximate surface area is 160 Å². The molecule has 27 heavy (non-hydrogen) atoms. The third kappa shape index (κ3) is 4.67. The van der Waals surface area contributed by atoms with E-state index in [9.17, 15) is 9.59 Å². The largest absolute Gasteiger partial charge is 0.497 e. The molecule has 2 unspecified atom stereocenters. The Bertz CT molecular complexity index is 791. The molecule has 3 rings (SSSR count). The van der Waals surface area contributed by atoms with E-state index in [-0.39, 0.29) is 30.3 Å². The zero-order valence-electron chi connectivity index (χ0n) is 15.9. The molecule has 2 amide bonds. The fraction of sp³-hybridized carbons (Fsp3) is 0.364. The van der Waals surface area contributed by atoms with Crippen LogP contribution >= 0.6 is 0 Å². The van der Waals surface area contributed by atoms with Crippen LogP contribution in [-0.4, -0.2) is 30.4 Å². The van der Waals surface area contributed by atoms with E-state index >= 15 is 0 Å². The van der Waals surface area contributed by atoms with E-state index in [1.165, 1.54) is 6.92 Å². The van der Waals surface area contributed by atoms with Crippen molar-refractivity contribution in [3.63, 3.8) is 0 Å². The Kier molecular flexibility index (Phi) is 6.12. The van der Waals surface area contributed by atoms with Crippen molar-refractivity contribution in [2.45, 2.75) is 38.3 Å². The van der Waals surface area contributed by atoms with E-state index in [2.05, 4.69) is 5.32 Å². The highest BCUT2D eigenvalue weighted by Crippen LogP contribution is 2.34. The Morgan fingerprint density at radius 1 is 1.19 bits per heavy atom. The normalized spacial score (nSPS) is 17.4. The van der Waals surface area contributed by atoms with Crippen LogP contribution in [0.2, 0.25) is 0 Å². The lowest BCUT2D eigenvalue weighted by Gasteiger charge is -2.28. The molecular weight excluding hydrogens is 340 g/mol. The van der Waals surface area contributed by atoms with Crippen molar-refractivity contribution in [3.8, 4) is 5.75 Å². The number of rotatable bonds is 6. The minimum atomic E-state index is -0.317. The van der Waals surface area contributed by atoms with E-state index in [1.807, 2.05) is 59.5 Å². The molecular formula is C22H26N2O3. The van der Waals surface area contributed by atoms with Gasteiger partial charge in [-0.25, -0.2) is 0 Å². The summed E-state index contributed by atoms with van der Waals surface area (Å²) in [4.78, 5) is 26.7. The molecule has 0 saturated carbocycles. The zero-order chi connectivity index (χ0) is 19.2. The van der Waals surface area contributed by atoms with Crippen molar-refractivity contribution in [1.82, 2.24) is 10.2 Å². The summed E-state index contributed by atoms with van der Waals surface area (Å²) in [7, 11) is 1.65. The number of methoxy groups -OCH3 is 1. The van der Waals surface area contributed by atoms with Gasteiger partial charge >= 0.3 is 0 Å². The van der Waals surface area contributed by atoms with Gasteiger partial charge in [0.25, 0.3) is 0 Å². The molecule has 1 aliphatic rings. The average molecular weight is 366 g/mol. The number of nitrogens with zero attached hydrogens (tertiary/aromatic N) is 1. The van der Waals surface area contributed by atoms with Crippen molar-refractivity contribution < 1.29 is 14.3 Å². The number of hydrogen-bond acceptors (Lipinski definition) is 3. The Morgan fingerprint density at radius 3 is 2.67 bits per heavy atom. The lowest BCUT2D eigenvalue weighted by Crippen LogP contribution is -2.35. The fourth-order valence-corrected chi connectivity index (χ4v) is 3.74. The number of carbonyl (C=O) groups is 2. The summed E-state index contributed by atoms with van der Waals surface area (Å²) < 4.78 is 5.33. The molecule has 5 nitrogen and oxygen atoms in total. The van der Waals surface area contributed by atoms with Crippen LogP contribution in [0.3, 0.4) is 0 Å². The second kappa shape index (κ2) is 8.71. The first-order chi connectivity index (χ1) is 13.1. The van der Waals surface area contributed by atoms with Crippen molar-refractivity contribution in [1.29, 1.82) is 0 Å². The molecule has 1 saturated heterocycles. The smallest absolute Gasteiger partial charge is 0.225 e. The van der Waals surface area contributed by atoms with Crippen molar-refractivity contribution in [2.75, 3.05) is 13.7 Å². The zero-order valence-corrected chi connectivity index (χ0v) is 15.9. The summed E-state index contributed by atoms with van der Waals surface area (Å²) in [6.07, 6.45) is 2.17. The number of likely N-dealkylation sites (tertiary alicyclic amines) is 1. The van der Waals surface area contributed by atoms with Crippen LogP contribution in [-0.2, 0) is 9.59 Å². The van der Waals surface area contributed by atoms with Gasteiger partial charge in [-0.15, -0.1) is 0 Å². The molecule has 2 atom stereocenters. The van der Waals surface area contributed by atoms with Gasteiger partial charge in [0.1, 0.15) is 5.75 Å². The van der Waals surface area contributed by atoms with Gasteiger partial charge in [0.2, 0.25) is 11.8 Å². The fourth-order valence-electron chi connectivity index (χ4n) is 3.74. The number of amides is 2. The minimum absolute atomic E-state index is 0.0568. The van der Waals surface area contributed by atoms with Crippen LogP contribution in [0.15, 0.2) is 54.6 Å². The topological polar surface area (TPSA) is 58.6 Å². The quantitative estimate of drug-likeness (QED) is 0.849. The van der Waals surface area contributed by atoms with E-state index < -0.39 is 0 Å². The number of nitrogens with one attached hydrogen (secondary N) is 1. The van der Waals surface area contributed by atoms with Gasteiger partial charge in [-0.05, 0) is 36.1 Å². The van der Waals surface area contributed by atoms with Gasteiger partial charge in [-0.1, -0.05) is 42.5 Å². The van der Waals surface area contributed by atoms with Crippen LogP contribution in [0.25, 0.3) is 0 Å². The maximum absolute atomic E-state index is 13.1. The molecule has 2 aromatic carbocycles. The monoisotopic (exact) mass is 366 g/mol. The van der Waals surface area contributed by atoms with Gasteiger partial charge in [0, 0.05) is 13.5 Å². The number of carbonyl (C=O) groups excluding carboxylic acids is 2. The molecule has 0 bridgehead atoms. The van der Waals surface area contributed by atoms with E-state index in [1.54, 1.807) is 7.11 Å². The molecule has 142 valence electrons. The molecule has 1 fully saturated rings.